The first-order valence-corrected chi connectivity index (χ1v) is 9.18. The van der Waals surface area contributed by atoms with Crippen molar-refractivity contribution in [1.82, 2.24) is 10.6 Å². The molecule has 6 nitrogen and oxygen atoms in total. The molecule has 1 heterocycles. The van der Waals surface area contributed by atoms with Gasteiger partial charge >= 0.3 is 12.0 Å². The van der Waals surface area contributed by atoms with Gasteiger partial charge in [-0.3, -0.25) is 4.21 Å². The van der Waals surface area contributed by atoms with Gasteiger partial charge in [-0.25, -0.2) is 9.59 Å². The van der Waals surface area contributed by atoms with Crippen molar-refractivity contribution < 1.29 is 18.9 Å². The highest BCUT2D eigenvalue weighted by atomic mass is 32.2. The van der Waals surface area contributed by atoms with E-state index in [1.807, 2.05) is 0 Å². The summed E-state index contributed by atoms with van der Waals surface area (Å²) in [5, 5.41) is 15.1. The van der Waals surface area contributed by atoms with E-state index in [0.717, 1.165) is 25.7 Å². The molecule has 2 aliphatic rings. The summed E-state index contributed by atoms with van der Waals surface area (Å²) in [4.78, 5) is 23.7. The maximum absolute atomic E-state index is 12.1. The van der Waals surface area contributed by atoms with Gasteiger partial charge < -0.3 is 15.7 Å². The van der Waals surface area contributed by atoms with Crippen LogP contribution in [0.4, 0.5) is 4.79 Å². The highest BCUT2D eigenvalue weighted by Crippen LogP contribution is 2.27. The summed E-state index contributed by atoms with van der Waals surface area (Å²) in [5.41, 5.74) is -1.13. The van der Waals surface area contributed by atoms with Crippen molar-refractivity contribution in [2.45, 2.75) is 62.9 Å². The zero-order valence-electron chi connectivity index (χ0n) is 12.2. The van der Waals surface area contributed by atoms with E-state index in [0.29, 0.717) is 37.2 Å². The minimum Gasteiger partial charge on any atom is -0.480 e. The highest BCUT2D eigenvalue weighted by molar-refractivity contribution is 7.85. The quantitative estimate of drug-likeness (QED) is 0.685. The third-order valence-electron chi connectivity index (χ3n) is 4.44. The van der Waals surface area contributed by atoms with Crippen molar-refractivity contribution in [1.29, 1.82) is 0 Å². The largest absolute Gasteiger partial charge is 0.480 e. The van der Waals surface area contributed by atoms with Crippen LogP contribution in [0.15, 0.2) is 0 Å². The van der Waals surface area contributed by atoms with Gasteiger partial charge in [0.25, 0.3) is 0 Å². The van der Waals surface area contributed by atoms with E-state index >= 15 is 0 Å². The second kappa shape index (κ2) is 7.24. The smallest absolute Gasteiger partial charge is 0.329 e. The third kappa shape index (κ3) is 4.43. The minimum absolute atomic E-state index is 0.000627. The van der Waals surface area contributed by atoms with Gasteiger partial charge in [0, 0.05) is 28.3 Å². The Bertz CT molecular complexity index is 409. The number of hydrogen-bond donors (Lipinski definition) is 3. The van der Waals surface area contributed by atoms with Gasteiger partial charge in [0.2, 0.25) is 0 Å². The number of nitrogens with one attached hydrogen (secondary N) is 2. The van der Waals surface area contributed by atoms with Gasteiger partial charge in [0.05, 0.1) is 0 Å². The highest BCUT2D eigenvalue weighted by Gasteiger charge is 2.40. The summed E-state index contributed by atoms with van der Waals surface area (Å²) in [7, 11) is -0.766. The van der Waals surface area contributed by atoms with Gasteiger partial charge in [-0.15, -0.1) is 0 Å². The van der Waals surface area contributed by atoms with Crippen molar-refractivity contribution in [3.8, 4) is 0 Å². The molecule has 2 rings (SSSR count). The standard InChI is InChI=1S/C14H24N2O4S/c17-12(18)14(7-3-1-2-4-8-14)16-13(19)15-11-5-9-21(20)10-6-11/h11H,1-10H2,(H,17,18)(H2,15,16,19). The maximum Gasteiger partial charge on any atom is 0.329 e. The fourth-order valence-corrected chi connectivity index (χ4v) is 4.40. The first-order valence-electron chi connectivity index (χ1n) is 7.69. The molecule has 2 fully saturated rings. The molecular weight excluding hydrogens is 292 g/mol. The third-order valence-corrected chi connectivity index (χ3v) is 5.82. The van der Waals surface area contributed by atoms with Crippen LogP contribution in [-0.4, -0.2) is 44.4 Å². The molecular formula is C14H24N2O4S. The summed E-state index contributed by atoms with van der Waals surface area (Å²) in [6, 6.07) is -0.406. The van der Waals surface area contributed by atoms with Crippen LogP contribution in [0.3, 0.4) is 0 Å². The zero-order valence-corrected chi connectivity index (χ0v) is 13.0. The van der Waals surface area contributed by atoms with E-state index in [-0.39, 0.29) is 6.04 Å². The van der Waals surface area contributed by atoms with Crippen LogP contribution in [0, 0.1) is 0 Å². The molecule has 0 bridgehead atoms. The average Bonchev–Trinajstić information content (AvgIpc) is 2.68. The van der Waals surface area contributed by atoms with Gasteiger partial charge in [-0.2, -0.15) is 0 Å². The Balaban J connectivity index is 1.92. The summed E-state index contributed by atoms with van der Waals surface area (Å²) in [6.07, 6.45) is 6.07. The second-order valence-corrected chi connectivity index (χ2v) is 7.72. The SMILES string of the molecule is O=C(NC1CCS(=O)CC1)NC1(C(=O)O)CCCCCC1. The lowest BCUT2D eigenvalue weighted by Gasteiger charge is -2.31. The number of hydrogen-bond acceptors (Lipinski definition) is 3. The molecule has 1 saturated carbocycles. The topological polar surface area (TPSA) is 95.5 Å². The van der Waals surface area contributed by atoms with Crippen molar-refractivity contribution in [3.63, 3.8) is 0 Å². The molecule has 0 spiro atoms. The Labute approximate surface area is 127 Å². The summed E-state index contributed by atoms with van der Waals surface area (Å²) >= 11 is 0. The normalized spacial score (nSPS) is 29.1. The van der Waals surface area contributed by atoms with Crippen molar-refractivity contribution >= 4 is 22.8 Å². The van der Waals surface area contributed by atoms with Crippen LogP contribution in [0.25, 0.3) is 0 Å². The van der Waals surface area contributed by atoms with Gasteiger partial charge in [-0.05, 0) is 25.7 Å². The van der Waals surface area contributed by atoms with E-state index < -0.39 is 28.3 Å². The van der Waals surface area contributed by atoms with Crippen LogP contribution in [-0.2, 0) is 15.6 Å². The molecule has 2 amide bonds. The fraction of sp³-hybridized carbons (Fsp3) is 0.857. The Morgan fingerprint density at radius 2 is 1.62 bits per heavy atom. The fourth-order valence-electron chi connectivity index (χ4n) is 3.10. The molecule has 21 heavy (non-hydrogen) atoms. The van der Waals surface area contributed by atoms with Crippen molar-refractivity contribution in [2.24, 2.45) is 0 Å². The van der Waals surface area contributed by atoms with Crippen LogP contribution >= 0.6 is 0 Å². The Kier molecular flexibility index (Phi) is 5.61. The molecule has 0 aromatic rings. The average molecular weight is 316 g/mol. The molecule has 120 valence electrons. The first kappa shape index (κ1) is 16.3. The molecule has 0 radical (unpaired) electrons. The van der Waals surface area contributed by atoms with Gasteiger partial charge in [0.15, 0.2) is 0 Å². The summed E-state index contributed by atoms with van der Waals surface area (Å²) < 4.78 is 11.3. The van der Waals surface area contributed by atoms with Gasteiger partial charge in [-0.1, -0.05) is 25.7 Å². The van der Waals surface area contributed by atoms with E-state index in [4.69, 9.17) is 0 Å². The lowest BCUT2D eigenvalue weighted by molar-refractivity contribution is -0.145. The lowest BCUT2D eigenvalue weighted by atomic mass is 9.90. The molecule has 1 saturated heterocycles. The summed E-state index contributed by atoms with van der Waals surface area (Å²) in [5.74, 6) is 0.272. The second-order valence-electron chi connectivity index (χ2n) is 6.02. The molecule has 1 aliphatic heterocycles. The van der Waals surface area contributed by atoms with E-state index in [2.05, 4.69) is 10.6 Å². The minimum atomic E-state index is -1.13. The summed E-state index contributed by atoms with van der Waals surface area (Å²) in [6.45, 7) is 0. The van der Waals surface area contributed by atoms with E-state index in [9.17, 15) is 18.9 Å². The van der Waals surface area contributed by atoms with Crippen molar-refractivity contribution in [2.75, 3.05) is 11.5 Å². The maximum atomic E-state index is 12.1. The zero-order chi connectivity index (χ0) is 15.3. The lowest BCUT2D eigenvalue weighted by Crippen LogP contribution is -2.58. The Hall–Kier alpha value is -1.11. The predicted molar refractivity (Wildman–Crippen MR) is 80.6 cm³/mol. The predicted octanol–water partition coefficient (Wildman–Crippen LogP) is 1.37. The number of carbonyl (C=O) groups is 2. The molecule has 0 aromatic carbocycles. The van der Waals surface area contributed by atoms with Crippen LogP contribution < -0.4 is 10.6 Å². The number of carboxylic acids is 1. The molecule has 1 aliphatic carbocycles. The van der Waals surface area contributed by atoms with Crippen LogP contribution in [0.2, 0.25) is 0 Å². The number of amides is 2. The molecule has 0 aromatic heterocycles. The molecule has 7 heteroatoms. The number of carbonyl (C=O) groups excluding carboxylic acids is 1. The van der Waals surface area contributed by atoms with E-state index in [1.165, 1.54) is 0 Å². The van der Waals surface area contributed by atoms with E-state index in [1.54, 1.807) is 0 Å². The molecule has 3 N–H and O–H groups in total. The first-order chi connectivity index (χ1) is 10.0. The molecule has 0 atom stereocenters. The van der Waals surface area contributed by atoms with Crippen LogP contribution in [0.1, 0.15) is 51.4 Å². The number of rotatable bonds is 3. The Morgan fingerprint density at radius 1 is 1.05 bits per heavy atom. The number of aliphatic carboxylic acids is 1. The van der Waals surface area contributed by atoms with Crippen LogP contribution in [0.5, 0.6) is 0 Å². The number of carboxylic acid groups (broad SMARTS) is 1. The van der Waals surface area contributed by atoms with Gasteiger partial charge in [0.1, 0.15) is 5.54 Å². The Morgan fingerprint density at radius 3 is 2.14 bits per heavy atom. The van der Waals surface area contributed by atoms with Crippen molar-refractivity contribution in [3.05, 3.63) is 0 Å². The molecule has 0 unspecified atom stereocenters. The monoisotopic (exact) mass is 316 g/mol. The number of urea groups is 1.